The van der Waals surface area contributed by atoms with Crippen molar-refractivity contribution in [3.05, 3.63) is 83.1 Å². The number of allylic oxidation sites excluding steroid dienone is 5. The van der Waals surface area contributed by atoms with Gasteiger partial charge in [0.15, 0.2) is 11.7 Å². The first-order valence-electron chi connectivity index (χ1n) is 10.5. The van der Waals surface area contributed by atoms with Crippen molar-refractivity contribution in [1.82, 2.24) is 9.88 Å². The van der Waals surface area contributed by atoms with Crippen molar-refractivity contribution in [2.75, 3.05) is 5.32 Å². The second kappa shape index (κ2) is 8.73. The number of hydrogen-bond donors (Lipinski definition) is 2. The molecule has 3 aliphatic rings. The molecule has 2 aliphatic heterocycles. The number of carbonyl (C=O) groups is 1. The lowest BCUT2D eigenvalue weighted by Crippen LogP contribution is -2.45. The molecule has 2 N–H and O–H groups in total. The Morgan fingerprint density at radius 2 is 2.09 bits per heavy atom. The van der Waals surface area contributed by atoms with Crippen LogP contribution in [0.1, 0.15) is 43.1 Å². The monoisotopic (exact) mass is 456 g/mol. The topological polar surface area (TPSA) is 77.8 Å². The van der Waals surface area contributed by atoms with Crippen molar-refractivity contribution >= 4 is 17.5 Å². The molecule has 9 heteroatoms. The first-order valence-corrected chi connectivity index (χ1v) is 10.5. The Morgan fingerprint density at radius 1 is 1.30 bits per heavy atom. The van der Waals surface area contributed by atoms with Crippen LogP contribution in [-0.4, -0.2) is 39.0 Å². The molecule has 1 aliphatic carbocycles. The van der Waals surface area contributed by atoms with E-state index in [-0.39, 0.29) is 17.1 Å². The number of anilines is 1. The van der Waals surface area contributed by atoms with Gasteiger partial charge >= 0.3 is 12.1 Å². The molecule has 3 heterocycles. The van der Waals surface area contributed by atoms with Gasteiger partial charge in [0, 0.05) is 23.7 Å². The van der Waals surface area contributed by atoms with Gasteiger partial charge in [-0.15, -0.1) is 0 Å². The quantitative estimate of drug-likeness (QED) is 0.605. The molecular formula is C24H23F3N4O2. The smallest absolute Gasteiger partial charge is 0.412 e. The third-order valence-electron chi connectivity index (χ3n) is 5.61. The summed E-state index contributed by atoms with van der Waals surface area (Å²) in [6, 6.07) is 0.432. The molecule has 1 aromatic heterocycles. The Morgan fingerprint density at radius 3 is 2.76 bits per heavy atom. The number of hydrogen-bond acceptors (Lipinski definition) is 5. The third-order valence-corrected chi connectivity index (χ3v) is 5.61. The highest BCUT2D eigenvalue weighted by molar-refractivity contribution is 6.05. The summed E-state index contributed by atoms with van der Waals surface area (Å²) in [6.45, 7) is 5.72. The van der Waals surface area contributed by atoms with Crippen LogP contribution < -0.4 is 5.32 Å². The van der Waals surface area contributed by atoms with Gasteiger partial charge in [-0.2, -0.15) is 13.2 Å². The zero-order valence-corrected chi connectivity index (χ0v) is 18.0. The summed E-state index contributed by atoms with van der Waals surface area (Å²) >= 11 is 0. The summed E-state index contributed by atoms with van der Waals surface area (Å²) in [6.07, 6.45) is 7.23. The van der Waals surface area contributed by atoms with Crippen molar-refractivity contribution < 1.29 is 23.1 Å². The molecular weight excluding hydrogens is 433 g/mol. The van der Waals surface area contributed by atoms with E-state index in [4.69, 9.17) is 0 Å². The Labute approximate surface area is 189 Å². The average molecular weight is 456 g/mol. The maximum atomic E-state index is 14.3. The van der Waals surface area contributed by atoms with Crippen molar-refractivity contribution in [3.8, 4) is 0 Å². The summed E-state index contributed by atoms with van der Waals surface area (Å²) in [5, 5.41) is 11.7. The molecule has 0 bridgehead atoms. The fourth-order valence-corrected chi connectivity index (χ4v) is 4.09. The minimum absolute atomic E-state index is 0.116. The van der Waals surface area contributed by atoms with Crippen LogP contribution in [0.2, 0.25) is 0 Å². The van der Waals surface area contributed by atoms with Crippen LogP contribution >= 0.6 is 0 Å². The Hall–Kier alpha value is -3.62. The standard InChI is InChI=1S/C24H23F3N4O2/c1-14-11-17(21(24(25,26)27)29-18-9-6-10-28-20(18)23(32)33)22-30-19(12-15(2)31(22)13-14)16-7-4-3-5-8-16/h6-7,9-13,21,29H,2-5,8H2,1H3,(H,32,33). The fraction of sp³-hybridized carbons (Fsp3) is 0.292. The van der Waals surface area contributed by atoms with E-state index in [0.29, 0.717) is 17.0 Å². The van der Waals surface area contributed by atoms with Crippen LogP contribution in [0.5, 0.6) is 0 Å². The van der Waals surface area contributed by atoms with Gasteiger partial charge in [-0.05, 0) is 68.0 Å². The number of alkyl halides is 3. The molecule has 0 radical (unpaired) electrons. The minimum Gasteiger partial charge on any atom is -0.476 e. The van der Waals surface area contributed by atoms with Gasteiger partial charge < -0.3 is 15.3 Å². The van der Waals surface area contributed by atoms with Gasteiger partial charge in [0.05, 0.1) is 11.4 Å². The van der Waals surface area contributed by atoms with Gasteiger partial charge in [-0.1, -0.05) is 12.7 Å². The van der Waals surface area contributed by atoms with Gasteiger partial charge in [0.1, 0.15) is 5.84 Å². The van der Waals surface area contributed by atoms with E-state index in [9.17, 15) is 23.1 Å². The number of nitrogens with one attached hydrogen (secondary N) is 1. The first kappa shape index (κ1) is 22.6. The van der Waals surface area contributed by atoms with Gasteiger partial charge in [0.25, 0.3) is 0 Å². The average Bonchev–Trinajstić information content (AvgIpc) is 2.77. The van der Waals surface area contributed by atoms with Crippen LogP contribution in [0.25, 0.3) is 0 Å². The van der Waals surface area contributed by atoms with Crippen LogP contribution in [0, 0.1) is 0 Å². The highest BCUT2D eigenvalue weighted by Gasteiger charge is 2.46. The summed E-state index contributed by atoms with van der Waals surface area (Å²) < 4.78 is 43.0. The third kappa shape index (κ3) is 4.62. The number of aromatic nitrogens is 1. The van der Waals surface area contributed by atoms with E-state index in [1.165, 1.54) is 24.4 Å². The molecule has 0 saturated carbocycles. The zero-order chi connectivity index (χ0) is 23.8. The number of amidine groups is 1. The lowest BCUT2D eigenvalue weighted by Gasteiger charge is -2.36. The number of aliphatic imine (C=N–C) groups is 1. The van der Waals surface area contributed by atoms with Crippen molar-refractivity contribution in [3.63, 3.8) is 0 Å². The van der Waals surface area contributed by atoms with E-state index in [2.05, 4.69) is 27.9 Å². The molecule has 1 aromatic rings. The predicted octanol–water partition coefficient (Wildman–Crippen LogP) is 5.58. The molecule has 1 atom stereocenters. The molecule has 172 valence electrons. The predicted molar refractivity (Wildman–Crippen MR) is 120 cm³/mol. The van der Waals surface area contributed by atoms with E-state index in [1.807, 2.05) is 0 Å². The normalized spacial score (nSPS) is 19.5. The second-order valence-electron chi connectivity index (χ2n) is 8.10. The van der Waals surface area contributed by atoms with Crippen LogP contribution in [0.3, 0.4) is 0 Å². The Bertz CT molecular complexity index is 1160. The van der Waals surface area contributed by atoms with Crippen LogP contribution in [0.15, 0.2) is 82.4 Å². The van der Waals surface area contributed by atoms with Crippen LogP contribution in [-0.2, 0) is 0 Å². The molecule has 33 heavy (non-hydrogen) atoms. The van der Waals surface area contributed by atoms with E-state index >= 15 is 0 Å². The van der Waals surface area contributed by atoms with E-state index < -0.39 is 23.9 Å². The molecule has 0 spiro atoms. The summed E-state index contributed by atoms with van der Waals surface area (Å²) in [5.74, 6) is -1.31. The molecule has 1 unspecified atom stereocenters. The van der Waals surface area contributed by atoms with Gasteiger partial charge in [-0.3, -0.25) is 0 Å². The summed E-state index contributed by atoms with van der Waals surface area (Å²) in [5.41, 5.74) is 1.86. The number of nitrogens with zero attached hydrogens (tertiary/aromatic N) is 3. The Kier molecular flexibility index (Phi) is 5.97. The molecule has 4 rings (SSSR count). The molecule has 0 aromatic carbocycles. The number of fused-ring (bicyclic) bond motifs is 1. The van der Waals surface area contributed by atoms with Gasteiger partial charge in [-0.25, -0.2) is 14.8 Å². The molecule has 0 saturated heterocycles. The maximum Gasteiger partial charge on any atom is 0.412 e. The zero-order valence-electron chi connectivity index (χ0n) is 18.0. The number of aromatic carboxylic acids is 1. The minimum atomic E-state index is -4.74. The highest BCUT2D eigenvalue weighted by Crippen LogP contribution is 2.37. The van der Waals surface area contributed by atoms with E-state index in [0.717, 1.165) is 31.3 Å². The number of rotatable bonds is 5. The number of carboxylic acid groups (broad SMARTS) is 1. The lowest BCUT2D eigenvalue weighted by molar-refractivity contribution is -0.133. The van der Waals surface area contributed by atoms with Crippen molar-refractivity contribution in [2.24, 2.45) is 4.99 Å². The lowest BCUT2D eigenvalue weighted by atomic mass is 9.94. The summed E-state index contributed by atoms with van der Waals surface area (Å²) in [7, 11) is 0. The number of halogens is 3. The summed E-state index contributed by atoms with van der Waals surface area (Å²) in [4.78, 5) is 21.4. The van der Waals surface area contributed by atoms with Crippen molar-refractivity contribution in [1.29, 1.82) is 0 Å². The maximum absolute atomic E-state index is 14.3. The van der Waals surface area contributed by atoms with Gasteiger partial charge in [0.2, 0.25) is 0 Å². The first-order chi connectivity index (χ1) is 15.6. The second-order valence-corrected chi connectivity index (χ2v) is 8.10. The van der Waals surface area contributed by atoms with Crippen LogP contribution in [0.4, 0.5) is 18.9 Å². The number of pyridine rings is 1. The molecule has 0 amide bonds. The number of carboxylic acids is 1. The molecule has 0 fully saturated rings. The van der Waals surface area contributed by atoms with E-state index in [1.54, 1.807) is 24.1 Å². The Balaban J connectivity index is 1.79. The fourth-order valence-electron chi connectivity index (χ4n) is 4.09. The molecule has 6 nitrogen and oxygen atoms in total. The highest BCUT2D eigenvalue weighted by atomic mass is 19.4. The SMILES string of the molecule is C=C1C=C(C2=CCCCC2)N=C2C(C(Nc3cccnc3C(=O)O)C(F)(F)F)=CC(C)=CN12. The largest absolute Gasteiger partial charge is 0.476 e. The van der Waals surface area contributed by atoms with Crippen molar-refractivity contribution in [2.45, 2.75) is 44.8 Å².